The van der Waals surface area contributed by atoms with Crippen molar-refractivity contribution in [1.29, 1.82) is 0 Å². The van der Waals surface area contributed by atoms with Crippen molar-refractivity contribution in [3.63, 3.8) is 0 Å². The molecule has 0 aliphatic heterocycles. The third-order valence-corrected chi connectivity index (χ3v) is 12.1. The van der Waals surface area contributed by atoms with Gasteiger partial charge in [0.25, 0.3) is 0 Å². The minimum Gasteiger partial charge on any atom is -0.462 e. The molecule has 0 fully saturated rings. The summed E-state index contributed by atoms with van der Waals surface area (Å²) in [6.07, 6.45) is 84.9. The van der Waals surface area contributed by atoms with Gasteiger partial charge in [-0.2, -0.15) is 0 Å². The molecule has 1 atom stereocenters. The van der Waals surface area contributed by atoms with Crippen LogP contribution in [0.1, 0.15) is 252 Å². The Bertz CT molecular complexity index is 1580. The largest absolute Gasteiger partial charge is 0.462 e. The van der Waals surface area contributed by atoms with E-state index in [0.29, 0.717) is 25.7 Å². The van der Waals surface area contributed by atoms with Gasteiger partial charge in [0, 0.05) is 19.3 Å². The summed E-state index contributed by atoms with van der Waals surface area (Å²) in [6, 6.07) is 0. The second kappa shape index (κ2) is 60.1. The molecule has 412 valence electrons. The molecule has 6 nitrogen and oxygen atoms in total. The Morgan fingerprint density at radius 1 is 0.288 bits per heavy atom. The van der Waals surface area contributed by atoms with Crippen molar-refractivity contribution in [2.45, 2.75) is 258 Å². The van der Waals surface area contributed by atoms with Crippen LogP contribution in [0.15, 0.2) is 134 Å². The lowest BCUT2D eigenvalue weighted by molar-refractivity contribution is -0.167. The first kappa shape index (κ1) is 68.6. The number of rotatable bonds is 52. The van der Waals surface area contributed by atoms with E-state index in [-0.39, 0.29) is 31.1 Å². The molecule has 0 heterocycles. The number of allylic oxidation sites excluding steroid dienone is 22. The van der Waals surface area contributed by atoms with Gasteiger partial charge in [0.2, 0.25) is 0 Å². The van der Waals surface area contributed by atoms with Gasteiger partial charge >= 0.3 is 17.9 Å². The monoisotopic (exact) mass is 1010 g/mol. The predicted molar refractivity (Wildman–Crippen MR) is 316 cm³/mol. The zero-order chi connectivity index (χ0) is 52.9. The van der Waals surface area contributed by atoms with E-state index in [4.69, 9.17) is 14.2 Å². The van der Waals surface area contributed by atoms with Crippen LogP contribution in [0.25, 0.3) is 0 Å². The Kier molecular flexibility index (Phi) is 56.4. The van der Waals surface area contributed by atoms with Crippen LogP contribution in [-0.4, -0.2) is 37.2 Å². The quantitative estimate of drug-likeness (QED) is 0.0261. The summed E-state index contributed by atoms with van der Waals surface area (Å²) >= 11 is 0. The van der Waals surface area contributed by atoms with Crippen LogP contribution < -0.4 is 0 Å². The first-order valence-electron chi connectivity index (χ1n) is 29.7. The van der Waals surface area contributed by atoms with Gasteiger partial charge in [-0.05, 0) is 122 Å². The van der Waals surface area contributed by atoms with Crippen LogP contribution in [0.5, 0.6) is 0 Å². The Hall–Kier alpha value is -4.45. The van der Waals surface area contributed by atoms with E-state index in [9.17, 15) is 14.4 Å². The van der Waals surface area contributed by atoms with Crippen molar-refractivity contribution in [3.05, 3.63) is 134 Å². The topological polar surface area (TPSA) is 78.9 Å². The summed E-state index contributed by atoms with van der Waals surface area (Å²) in [4.78, 5) is 37.8. The minimum absolute atomic E-state index is 0.0997. The molecule has 0 radical (unpaired) electrons. The van der Waals surface area contributed by atoms with Gasteiger partial charge in [-0.15, -0.1) is 0 Å². The van der Waals surface area contributed by atoms with Crippen molar-refractivity contribution in [2.75, 3.05) is 13.2 Å². The number of unbranched alkanes of at least 4 members (excludes halogenated alkanes) is 19. The minimum atomic E-state index is -0.802. The van der Waals surface area contributed by atoms with Crippen LogP contribution >= 0.6 is 0 Å². The number of hydrogen-bond donors (Lipinski definition) is 0. The van der Waals surface area contributed by atoms with Gasteiger partial charge < -0.3 is 14.2 Å². The van der Waals surface area contributed by atoms with E-state index < -0.39 is 6.10 Å². The summed E-state index contributed by atoms with van der Waals surface area (Å²) < 4.78 is 16.7. The maximum Gasteiger partial charge on any atom is 0.306 e. The molecule has 0 saturated carbocycles. The van der Waals surface area contributed by atoms with Crippen molar-refractivity contribution >= 4 is 17.9 Å². The van der Waals surface area contributed by atoms with Gasteiger partial charge in [0.05, 0.1) is 0 Å². The maximum atomic E-state index is 12.8. The zero-order valence-corrected chi connectivity index (χ0v) is 47.1. The predicted octanol–water partition coefficient (Wildman–Crippen LogP) is 20.2. The van der Waals surface area contributed by atoms with Crippen LogP contribution in [0.4, 0.5) is 0 Å². The number of ether oxygens (including phenoxy) is 3. The van der Waals surface area contributed by atoms with E-state index in [1.54, 1.807) is 0 Å². The van der Waals surface area contributed by atoms with Crippen molar-refractivity contribution in [2.24, 2.45) is 0 Å². The highest BCUT2D eigenvalue weighted by Gasteiger charge is 2.19. The second-order valence-electron chi connectivity index (χ2n) is 19.2. The molecule has 0 aromatic heterocycles. The van der Waals surface area contributed by atoms with Gasteiger partial charge in [-0.1, -0.05) is 244 Å². The summed E-state index contributed by atoms with van der Waals surface area (Å²) in [5, 5.41) is 0. The smallest absolute Gasteiger partial charge is 0.306 e. The van der Waals surface area contributed by atoms with Crippen molar-refractivity contribution in [1.82, 2.24) is 0 Å². The number of carbonyl (C=O) groups excluding carboxylic acids is 3. The average Bonchev–Trinajstić information content (AvgIpc) is 3.39. The molecule has 0 rings (SSSR count). The lowest BCUT2D eigenvalue weighted by atomic mass is 10.1. The summed E-state index contributed by atoms with van der Waals surface area (Å²) in [5.74, 6) is -0.971. The summed E-state index contributed by atoms with van der Waals surface area (Å²) in [5.41, 5.74) is 0. The Balaban J connectivity index is 4.23. The van der Waals surface area contributed by atoms with E-state index in [0.717, 1.165) is 135 Å². The lowest BCUT2D eigenvalue weighted by Gasteiger charge is -2.18. The van der Waals surface area contributed by atoms with Crippen LogP contribution in [0.2, 0.25) is 0 Å². The second-order valence-corrected chi connectivity index (χ2v) is 19.2. The fraction of sp³-hybridized carbons (Fsp3) is 0.627. The highest BCUT2D eigenvalue weighted by Crippen LogP contribution is 2.14. The molecule has 73 heavy (non-hydrogen) atoms. The normalized spacial score (nSPS) is 13.1. The lowest BCUT2D eigenvalue weighted by Crippen LogP contribution is -2.30. The van der Waals surface area contributed by atoms with Gasteiger partial charge in [-0.25, -0.2) is 0 Å². The molecule has 0 N–H and O–H groups in total. The van der Waals surface area contributed by atoms with E-state index in [1.807, 2.05) is 0 Å². The van der Waals surface area contributed by atoms with Gasteiger partial charge in [-0.3, -0.25) is 14.4 Å². The average molecular weight is 1010 g/mol. The molecular formula is C67H108O6. The Morgan fingerprint density at radius 3 is 0.863 bits per heavy atom. The number of esters is 3. The first-order chi connectivity index (χ1) is 36.0. The highest BCUT2D eigenvalue weighted by molar-refractivity contribution is 5.71. The standard InChI is InChI=1S/C67H108O6/c1-4-7-10-13-15-17-19-21-23-25-27-29-31-32-33-34-36-37-39-41-43-45-47-49-51-54-57-60-66(69)72-63-64(62-71-65(68)59-56-53-12-9-6-3)73-67(70)61-58-55-52-50-48-46-44-42-40-38-35-30-28-26-24-22-20-18-16-14-11-8-5-2/h7,10,15,17,20-23,26-29,32-33,35-38,41,43,47,49,64H,4-6,8-9,11-14,16,18-19,24-25,30-31,34,39-40,42,44-46,48,50-63H2,1-3H3/b10-7-,17-15-,22-20-,23-21-,28-26-,29-27-,33-32-,37-36-,38-35-,43-41-,49-47-. The highest BCUT2D eigenvalue weighted by atomic mass is 16.6. The van der Waals surface area contributed by atoms with Gasteiger partial charge in [0.1, 0.15) is 13.2 Å². The molecule has 0 aromatic rings. The molecule has 0 bridgehead atoms. The molecule has 0 amide bonds. The SMILES string of the molecule is CC/C=C\C/C=C\C/C=C\C/C=C\C/C=C\C/C=C\C/C=C\C/C=C\CCCCC(=O)OCC(COC(=O)CCCCCCC)OC(=O)CCCCCCCCCC/C=C\C/C=C\C/C=C\CCCCCCC. The van der Waals surface area contributed by atoms with Crippen LogP contribution in [0.3, 0.4) is 0 Å². The third kappa shape index (κ3) is 58.3. The zero-order valence-electron chi connectivity index (χ0n) is 47.1. The number of carbonyl (C=O) groups is 3. The van der Waals surface area contributed by atoms with Crippen molar-refractivity contribution < 1.29 is 28.6 Å². The first-order valence-corrected chi connectivity index (χ1v) is 29.7. The molecule has 0 aliphatic carbocycles. The Labute approximate surface area is 449 Å². The van der Waals surface area contributed by atoms with Crippen molar-refractivity contribution in [3.8, 4) is 0 Å². The van der Waals surface area contributed by atoms with E-state index in [2.05, 4.69) is 154 Å². The molecule has 0 saturated heterocycles. The molecule has 6 heteroatoms. The fourth-order valence-corrected chi connectivity index (χ4v) is 7.70. The van der Waals surface area contributed by atoms with E-state index in [1.165, 1.54) is 70.6 Å². The molecule has 0 aromatic carbocycles. The van der Waals surface area contributed by atoms with E-state index >= 15 is 0 Å². The Morgan fingerprint density at radius 2 is 0.534 bits per heavy atom. The maximum absolute atomic E-state index is 12.8. The van der Waals surface area contributed by atoms with Gasteiger partial charge in [0.15, 0.2) is 6.10 Å². The molecule has 0 aliphatic rings. The number of hydrogen-bond acceptors (Lipinski definition) is 6. The molecule has 1 unspecified atom stereocenters. The fourth-order valence-electron chi connectivity index (χ4n) is 7.70. The summed E-state index contributed by atoms with van der Waals surface area (Å²) in [6.45, 7) is 6.38. The molecular weight excluding hydrogens is 901 g/mol. The molecule has 0 spiro atoms. The summed E-state index contributed by atoms with van der Waals surface area (Å²) in [7, 11) is 0. The van der Waals surface area contributed by atoms with Crippen LogP contribution in [0, 0.1) is 0 Å². The third-order valence-electron chi connectivity index (χ3n) is 12.1. The van der Waals surface area contributed by atoms with Crippen LogP contribution in [-0.2, 0) is 28.6 Å².